The van der Waals surface area contributed by atoms with Crippen molar-refractivity contribution in [2.75, 3.05) is 10.6 Å². The van der Waals surface area contributed by atoms with Crippen molar-refractivity contribution in [1.82, 2.24) is 9.78 Å². The second-order valence-corrected chi connectivity index (χ2v) is 6.55. The Morgan fingerprint density at radius 2 is 1.57 bits per heavy atom. The molecule has 0 aliphatic rings. The normalized spacial score (nSPS) is 10.6. The van der Waals surface area contributed by atoms with E-state index in [0.717, 1.165) is 5.56 Å². The number of anilines is 2. The van der Waals surface area contributed by atoms with E-state index in [1.807, 2.05) is 6.92 Å². The smallest absolute Gasteiger partial charge is 0.259 e. The summed E-state index contributed by atoms with van der Waals surface area (Å²) in [6, 6.07) is 11.2. The third kappa shape index (κ3) is 3.78. The summed E-state index contributed by atoms with van der Waals surface area (Å²) in [5.74, 6) is -0.817. The molecule has 0 bridgehead atoms. The van der Waals surface area contributed by atoms with Crippen LogP contribution in [0.3, 0.4) is 0 Å². The van der Waals surface area contributed by atoms with Crippen LogP contribution in [-0.2, 0) is 4.79 Å². The van der Waals surface area contributed by atoms with Crippen LogP contribution in [0.5, 0.6) is 0 Å². The van der Waals surface area contributed by atoms with Gasteiger partial charge >= 0.3 is 0 Å². The lowest BCUT2D eigenvalue weighted by Gasteiger charge is -2.13. The molecule has 2 N–H and O–H groups in total. The Morgan fingerprint density at radius 3 is 2.18 bits per heavy atom. The van der Waals surface area contributed by atoms with Crippen molar-refractivity contribution in [3.63, 3.8) is 0 Å². The number of nitrogens with zero attached hydrogens (tertiary/aromatic N) is 2. The fraction of sp³-hybridized carbons (Fsp3) is 0.190. The summed E-state index contributed by atoms with van der Waals surface area (Å²) >= 11 is 0. The largest absolute Gasteiger partial charge is 0.326 e. The number of hydrogen-bond acceptors (Lipinski definition) is 3. The van der Waals surface area contributed by atoms with Crippen LogP contribution >= 0.6 is 0 Å². The summed E-state index contributed by atoms with van der Waals surface area (Å²) in [5.41, 5.74) is 4.34. The predicted molar refractivity (Wildman–Crippen MR) is 106 cm³/mol. The summed E-state index contributed by atoms with van der Waals surface area (Å²) in [5, 5.41) is 10.1. The molecule has 3 aromatic rings. The van der Waals surface area contributed by atoms with Crippen molar-refractivity contribution in [3.05, 3.63) is 70.8 Å². The Kier molecular flexibility index (Phi) is 5.26. The SMILES string of the molecule is CC(=O)Nc1cccc(NC(=O)c2c(C)nn(-c3ccc(F)cc3)c2C)c1C. The number of carbonyl (C=O) groups is 2. The van der Waals surface area contributed by atoms with Gasteiger partial charge in [0.1, 0.15) is 5.82 Å². The zero-order chi connectivity index (χ0) is 20.4. The molecule has 0 saturated heterocycles. The number of halogens is 1. The number of aryl methyl sites for hydroxylation is 1. The first-order chi connectivity index (χ1) is 13.3. The minimum Gasteiger partial charge on any atom is -0.326 e. The zero-order valence-corrected chi connectivity index (χ0v) is 16.1. The van der Waals surface area contributed by atoms with E-state index in [9.17, 15) is 14.0 Å². The van der Waals surface area contributed by atoms with Gasteiger partial charge in [-0.25, -0.2) is 9.07 Å². The van der Waals surface area contributed by atoms with Gasteiger partial charge in [0, 0.05) is 18.3 Å². The molecule has 0 unspecified atom stereocenters. The third-order valence-electron chi connectivity index (χ3n) is 4.48. The average Bonchev–Trinajstić information content (AvgIpc) is 2.93. The van der Waals surface area contributed by atoms with Gasteiger partial charge in [0.25, 0.3) is 5.91 Å². The van der Waals surface area contributed by atoms with Crippen LogP contribution in [0.4, 0.5) is 15.8 Å². The highest BCUT2D eigenvalue weighted by Gasteiger charge is 2.20. The maximum absolute atomic E-state index is 13.2. The number of benzene rings is 2. The first-order valence-electron chi connectivity index (χ1n) is 8.78. The Hall–Kier alpha value is -3.48. The molecule has 0 aliphatic carbocycles. The minimum absolute atomic E-state index is 0.182. The van der Waals surface area contributed by atoms with Gasteiger partial charge in [-0.15, -0.1) is 0 Å². The highest BCUT2D eigenvalue weighted by atomic mass is 19.1. The Balaban J connectivity index is 1.92. The summed E-state index contributed by atoms with van der Waals surface area (Å²) in [4.78, 5) is 24.3. The van der Waals surface area contributed by atoms with Gasteiger partial charge in [-0.1, -0.05) is 6.07 Å². The molecule has 1 heterocycles. The van der Waals surface area contributed by atoms with Gasteiger partial charge in [-0.2, -0.15) is 5.10 Å². The van der Waals surface area contributed by atoms with Crippen LogP contribution in [0, 0.1) is 26.6 Å². The van der Waals surface area contributed by atoms with Crippen LogP contribution in [0.25, 0.3) is 5.69 Å². The number of hydrogen-bond donors (Lipinski definition) is 2. The fourth-order valence-electron chi connectivity index (χ4n) is 3.09. The van der Waals surface area contributed by atoms with Crippen molar-refractivity contribution in [2.45, 2.75) is 27.7 Å². The summed E-state index contributed by atoms with van der Waals surface area (Å²) in [7, 11) is 0. The van der Waals surface area contributed by atoms with Crippen molar-refractivity contribution in [1.29, 1.82) is 0 Å². The van der Waals surface area contributed by atoms with E-state index in [0.29, 0.717) is 34.0 Å². The van der Waals surface area contributed by atoms with E-state index >= 15 is 0 Å². The highest BCUT2D eigenvalue weighted by Crippen LogP contribution is 2.25. The lowest BCUT2D eigenvalue weighted by Crippen LogP contribution is -2.16. The molecule has 0 spiro atoms. The average molecular weight is 380 g/mol. The predicted octanol–water partition coefficient (Wildman–Crippen LogP) is 4.15. The van der Waals surface area contributed by atoms with Crippen LogP contribution in [0.2, 0.25) is 0 Å². The molecule has 0 atom stereocenters. The molecule has 2 aromatic carbocycles. The number of amides is 2. The zero-order valence-electron chi connectivity index (χ0n) is 16.1. The van der Waals surface area contributed by atoms with Crippen LogP contribution in [0.1, 0.15) is 34.2 Å². The number of rotatable bonds is 4. The van der Waals surface area contributed by atoms with E-state index < -0.39 is 0 Å². The maximum Gasteiger partial charge on any atom is 0.259 e. The van der Waals surface area contributed by atoms with Crippen molar-refractivity contribution in [2.24, 2.45) is 0 Å². The molecular weight excluding hydrogens is 359 g/mol. The Bertz CT molecular complexity index is 1060. The molecule has 0 radical (unpaired) electrons. The molecule has 0 aliphatic heterocycles. The topological polar surface area (TPSA) is 76.0 Å². The number of carbonyl (C=O) groups excluding carboxylic acids is 2. The van der Waals surface area contributed by atoms with Crippen LogP contribution in [-0.4, -0.2) is 21.6 Å². The van der Waals surface area contributed by atoms with E-state index in [-0.39, 0.29) is 17.6 Å². The second kappa shape index (κ2) is 7.64. The summed E-state index contributed by atoms with van der Waals surface area (Å²) < 4.78 is 14.8. The minimum atomic E-state index is -0.335. The molecule has 3 rings (SSSR count). The van der Waals surface area contributed by atoms with Crippen molar-refractivity contribution < 1.29 is 14.0 Å². The molecule has 0 saturated carbocycles. The number of nitrogens with one attached hydrogen (secondary N) is 2. The molecule has 28 heavy (non-hydrogen) atoms. The van der Waals surface area contributed by atoms with Crippen molar-refractivity contribution >= 4 is 23.2 Å². The second-order valence-electron chi connectivity index (χ2n) is 6.55. The fourth-order valence-corrected chi connectivity index (χ4v) is 3.09. The van der Waals surface area contributed by atoms with Gasteiger partial charge in [0.2, 0.25) is 5.91 Å². The first-order valence-corrected chi connectivity index (χ1v) is 8.78. The Morgan fingerprint density at radius 1 is 0.964 bits per heavy atom. The molecular formula is C21H21FN4O2. The Labute approximate surface area is 162 Å². The van der Waals surface area contributed by atoms with Gasteiger partial charge in [0.05, 0.1) is 22.6 Å². The molecule has 6 nitrogen and oxygen atoms in total. The van der Waals surface area contributed by atoms with Gasteiger partial charge in [0.15, 0.2) is 0 Å². The molecule has 1 aromatic heterocycles. The van der Waals surface area contributed by atoms with Crippen LogP contribution in [0.15, 0.2) is 42.5 Å². The molecule has 2 amide bonds. The quantitative estimate of drug-likeness (QED) is 0.714. The monoisotopic (exact) mass is 380 g/mol. The van der Waals surface area contributed by atoms with E-state index in [4.69, 9.17) is 0 Å². The highest BCUT2D eigenvalue weighted by molar-refractivity contribution is 6.07. The van der Waals surface area contributed by atoms with Gasteiger partial charge < -0.3 is 10.6 Å². The number of aromatic nitrogens is 2. The molecule has 7 heteroatoms. The summed E-state index contributed by atoms with van der Waals surface area (Å²) in [6.45, 7) is 6.80. The lowest BCUT2D eigenvalue weighted by molar-refractivity contribution is -0.114. The lowest BCUT2D eigenvalue weighted by atomic mass is 10.1. The van der Waals surface area contributed by atoms with E-state index in [2.05, 4.69) is 15.7 Å². The van der Waals surface area contributed by atoms with Crippen LogP contribution < -0.4 is 10.6 Å². The summed E-state index contributed by atoms with van der Waals surface area (Å²) in [6.07, 6.45) is 0. The standard InChI is InChI=1S/C21H21FN4O2/c1-12-18(23-15(4)27)6-5-7-19(12)24-21(28)20-13(2)25-26(14(20)3)17-10-8-16(22)9-11-17/h5-11H,1-4H3,(H,23,27)(H,24,28). The van der Waals surface area contributed by atoms with Crippen molar-refractivity contribution in [3.8, 4) is 5.69 Å². The van der Waals surface area contributed by atoms with E-state index in [1.54, 1.807) is 48.9 Å². The molecule has 144 valence electrons. The first kappa shape index (κ1) is 19.3. The van der Waals surface area contributed by atoms with E-state index in [1.165, 1.54) is 19.1 Å². The molecule has 0 fully saturated rings. The van der Waals surface area contributed by atoms with Gasteiger partial charge in [-0.3, -0.25) is 9.59 Å². The third-order valence-corrected chi connectivity index (χ3v) is 4.48. The maximum atomic E-state index is 13.2. The van der Waals surface area contributed by atoms with Gasteiger partial charge in [-0.05, 0) is 62.7 Å².